The minimum absolute atomic E-state index is 0.0308. The second kappa shape index (κ2) is 5.05. The fraction of sp³-hybridized carbons (Fsp3) is 0.0769. The number of benzene rings is 2. The normalized spacial score (nSPS) is 10.5. The van der Waals surface area contributed by atoms with Crippen LogP contribution in [0.15, 0.2) is 28.7 Å². The Morgan fingerprint density at radius 1 is 1.00 bits per heavy atom. The van der Waals surface area contributed by atoms with E-state index in [2.05, 4.69) is 15.9 Å². The highest BCUT2D eigenvalue weighted by Crippen LogP contribution is 2.41. The average Bonchev–Trinajstić information content (AvgIpc) is 2.39. The summed E-state index contributed by atoms with van der Waals surface area (Å²) in [4.78, 5) is 0. The summed E-state index contributed by atoms with van der Waals surface area (Å²) in [7, 11) is 1.17. The molecule has 0 aliphatic heterocycles. The van der Waals surface area contributed by atoms with Crippen molar-refractivity contribution < 1.29 is 13.5 Å². The summed E-state index contributed by atoms with van der Waals surface area (Å²) in [6.45, 7) is 0. The third-order valence-corrected chi connectivity index (χ3v) is 3.28. The summed E-state index contributed by atoms with van der Waals surface area (Å²) in [6.07, 6.45) is 0. The zero-order chi connectivity index (χ0) is 14.2. The Labute approximate surface area is 117 Å². The number of anilines is 2. The number of methoxy groups -OCH3 is 1. The summed E-state index contributed by atoms with van der Waals surface area (Å²) in [5.41, 5.74) is 11.3. The summed E-state index contributed by atoms with van der Waals surface area (Å²) >= 11 is 3.27. The van der Waals surface area contributed by atoms with E-state index < -0.39 is 17.4 Å². The number of nitrogens with two attached hydrogens (primary N) is 2. The first-order valence-electron chi connectivity index (χ1n) is 5.33. The topological polar surface area (TPSA) is 61.3 Å². The molecule has 0 aromatic heterocycles. The Morgan fingerprint density at radius 2 is 1.58 bits per heavy atom. The molecule has 0 radical (unpaired) electrons. The van der Waals surface area contributed by atoms with Gasteiger partial charge in [0, 0.05) is 10.0 Å². The average molecular weight is 329 g/mol. The van der Waals surface area contributed by atoms with Gasteiger partial charge < -0.3 is 16.2 Å². The molecule has 0 fully saturated rings. The molecule has 2 aromatic rings. The molecule has 0 unspecified atom stereocenters. The van der Waals surface area contributed by atoms with E-state index in [4.69, 9.17) is 16.2 Å². The first kappa shape index (κ1) is 13.6. The van der Waals surface area contributed by atoms with Gasteiger partial charge in [0.05, 0.1) is 18.5 Å². The van der Waals surface area contributed by atoms with Crippen molar-refractivity contribution in [3.8, 4) is 16.9 Å². The van der Waals surface area contributed by atoms with Crippen molar-refractivity contribution in [1.82, 2.24) is 0 Å². The van der Waals surface area contributed by atoms with Crippen molar-refractivity contribution in [2.24, 2.45) is 0 Å². The van der Waals surface area contributed by atoms with Gasteiger partial charge in [0.2, 0.25) is 0 Å². The lowest BCUT2D eigenvalue weighted by molar-refractivity contribution is 0.362. The highest BCUT2D eigenvalue weighted by atomic mass is 79.9. The highest BCUT2D eigenvalue weighted by Gasteiger charge is 2.23. The standard InChI is InChI=1S/C13H11BrF2N2O/c1-19-13-9(15)8(11(17)12(18)10(13)16)6-2-4-7(14)5-3-6/h2-5H,17-18H2,1H3. The molecule has 0 heterocycles. The third kappa shape index (κ3) is 2.23. The monoisotopic (exact) mass is 328 g/mol. The molecule has 2 rings (SSSR count). The Hall–Kier alpha value is -1.82. The Balaban J connectivity index is 2.76. The van der Waals surface area contributed by atoms with Gasteiger partial charge in [-0.1, -0.05) is 28.1 Å². The van der Waals surface area contributed by atoms with Crippen molar-refractivity contribution in [1.29, 1.82) is 0 Å². The minimum Gasteiger partial charge on any atom is -0.491 e. The van der Waals surface area contributed by atoms with E-state index in [0.717, 1.165) is 4.47 Å². The van der Waals surface area contributed by atoms with Crippen LogP contribution in [0.1, 0.15) is 0 Å². The fourth-order valence-corrected chi connectivity index (χ4v) is 2.05. The van der Waals surface area contributed by atoms with Gasteiger partial charge in [-0.05, 0) is 17.7 Å². The predicted molar refractivity (Wildman–Crippen MR) is 74.9 cm³/mol. The van der Waals surface area contributed by atoms with Crippen molar-refractivity contribution in [3.05, 3.63) is 40.4 Å². The molecule has 3 nitrogen and oxygen atoms in total. The summed E-state index contributed by atoms with van der Waals surface area (Å²) in [5, 5.41) is 0. The van der Waals surface area contributed by atoms with Crippen LogP contribution in [0.25, 0.3) is 11.1 Å². The summed E-state index contributed by atoms with van der Waals surface area (Å²) in [5.74, 6) is -2.39. The van der Waals surface area contributed by atoms with Crippen LogP contribution in [0.3, 0.4) is 0 Å². The van der Waals surface area contributed by atoms with Gasteiger partial charge in [0.15, 0.2) is 17.4 Å². The minimum atomic E-state index is -0.988. The lowest BCUT2D eigenvalue weighted by Gasteiger charge is -2.14. The van der Waals surface area contributed by atoms with Crippen LogP contribution in [0.2, 0.25) is 0 Å². The van der Waals surface area contributed by atoms with E-state index in [1.807, 2.05) is 0 Å². The first-order chi connectivity index (χ1) is 8.97. The molecule has 6 heteroatoms. The molecule has 0 atom stereocenters. The third-order valence-electron chi connectivity index (χ3n) is 2.75. The van der Waals surface area contributed by atoms with Crippen molar-refractivity contribution >= 4 is 27.3 Å². The van der Waals surface area contributed by atoms with Gasteiger partial charge in [-0.2, -0.15) is 0 Å². The number of ether oxygens (including phenoxy) is 1. The molecule has 4 N–H and O–H groups in total. The second-order valence-electron chi connectivity index (χ2n) is 3.87. The molecule has 19 heavy (non-hydrogen) atoms. The maximum absolute atomic E-state index is 14.2. The molecule has 100 valence electrons. The molecular formula is C13H11BrF2N2O. The van der Waals surface area contributed by atoms with Crippen LogP contribution in [0.5, 0.6) is 5.75 Å². The van der Waals surface area contributed by atoms with E-state index in [-0.39, 0.29) is 16.9 Å². The number of halogens is 3. The van der Waals surface area contributed by atoms with Crippen molar-refractivity contribution in [2.75, 3.05) is 18.6 Å². The van der Waals surface area contributed by atoms with Gasteiger partial charge >= 0.3 is 0 Å². The fourth-order valence-electron chi connectivity index (χ4n) is 1.78. The van der Waals surface area contributed by atoms with Crippen LogP contribution in [0.4, 0.5) is 20.2 Å². The largest absolute Gasteiger partial charge is 0.491 e. The Morgan fingerprint density at radius 3 is 2.11 bits per heavy atom. The second-order valence-corrected chi connectivity index (χ2v) is 4.79. The van der Waals surface area contributed by atoms with E-state index in [1.165, 1.54) is 7.11 Å². The predicted octanol–water partition coefficient (Wildman–Crippen LogP) is 3.57. The number of nitrogen functional groups attached to an aromatic ring is 2. The van der Waals surface area contributed by atoms with Crippen LogP contribution in [0, 0.1) is 11.6 Å². The van der Waals surface area contributed by atoms with Crippen LogP contribution < -0.4 is 16.2 Å². The van der Waals surface area contributed by atoms with Gasteiger partial charge in [-0.25, -0.2) is 8.78 Å². The summed E-state index contributed by atoms with van der Waals surface area (Å²) in [6, 6.07) is 6.74. The smallest absolute Gasteiger partial charge is 0.193 e. The van der Waals surface area contributed by atoms with Crippen molar-refractivity contribution in [2.45, 2.75) is 0 Å². The molecule has 0 saturated heterocycles. The van der Waals surface area contributed by atoms with Crippen LogP contribution >= 0.6 is 15.9 Å². The molecule has 0 aliphatic rings. The molecule has 0 aliphatic carbocycles. The van der Waals surface area contributed by atoms with Crippen LogP contribution in [-0.4, -0.2) is 7.11 Å². The van der Waals surface area contributed by atoms with E-state index in [9.17, 15) is 8.78 Å². The van der Waals surface area contributed by atoms with Gasteiger partial charge in [0.1, 0.15) is 0 Å². The Kier molecular flexibility index (Phi) is 3.61. The number of rotatable bonds is 2. The summed E-state index contributed by atoms with van der Waals surface area (Å²) < 4.78 is 33.5. The number of hydrogen-bond donors (Lipinski definition) is 2. The molecule has 0 saturated carbocycles. The molecule has 2 aromatic carbocycles. The van der Waals surface area contributed by atoms with E-state index in [0.29, 0.717) is 5.56 Å². The highest BCUT2D eigenvalue weighted by molar-refractivity contribution is 9.10. The maximum Gasteiger partial charge on any atom is 0.193 e. The lowest BCUT2D eigenvalue weighted by Crippen LogP contribution is -2.06. The number of hydrogen-bond acceptors (Lipinski definition) is 3. The van der Waals surface area contributed by atoms with Gasteiger partial charge in [0.25, 0.3) is 0 Å². The van der Waals surface area contributed by atoms with E-state index in [1.54, 1.807) is 24.3 Å². The molecule has 0 bridgehead atoms. The maximum atomic E-state index is 14.2. The first-order valence-corrected chi connectivity index (χ1v) is 6.12. The molecule has 0 spiro atoms. The van der Waals surface area contributed by atoms with E-state index >= 15 is 0 Å². The molecule has 0 amide bonds. The SMILES string of the molecule is COc1c(F)c(N)c(N)c(-c2ccc(Br)cc2)c1F. The van der Waals surface area contributed by atoms with Gasteiger partial charge in [-0.15, -0.1) is 0 Å². The lowest BCUT2D eigenvalue weighted by atomic mass is 10.0. The zero-order valence-electron chi connectivity index (χ0n) is 10.0. The molecular weight excluding hydrogens is 318 g/mol. The van der Waals surface area contributed by atoms with Gasteiger partial charge in [-0.3, -0.25) is 0 Å². The Bertz CT molecular complexity index is 630. The van der Waals surface area contributed by atoms with Crippen molar-refractivity contribution in [3.63, 3.8) is 0 Å². The van der Waals surface area contributed by atoms with Crippen LogP contribution in [-0.2, 0) is 0 Å². The quantitative estimate of drug-likeness (QED) is 0.828. The zero-order valence-corrected chi connectivity index (χ0v) is 11.6.